The van der Waals surface area contributed by atoms with Crippen LogP contribution in [0.15, 0.2) is 46.9 Å². The van der Waals surface area contributed by atoms with Crippen LogP contribution < -0.4 is 24.2 Å². The van der Waals surface area contributed by atoms with Crippen LogP contribution in [-0.4, -0.2) is 65.4 Å². The van der Waals surface area contributed by atoms with E-state index in [1.165, 1.54) is 53.6 Å². The summed E-state index contributed by atoms with van der Waals surface area (Å²) in [5, 5.41) is 7.21. The molecule has 0 saturated carbocycles. The number of hydrogen-bond donors (Lipinski definition) is 2. The van der Waals surface area contributed by atoms with Gasteiger partial charge < -0.3 is 19.5 Å². The van der Waals surface area contributed by atoms with Gasteiger partial charge in [-0.1, -0.05) is 0 Å². The third-order valence-electron chi connectivity index (χ3n) is 6.69. The number of carbonyl (C=O) groups excluding carboxylic acids is 1. The average Bonchev–Trinajstić information content (AvgIpc) is 3.61. The van der Waals surface area contributed by atoms with Gasteiger partial charge in [-0.2, -0.15) is 23.3 Å². The van der Waals surface area contributed by atoms with Gasteiger partial charge in [0.25, 0.3) is 15.9 Å². The minimum Gasteiger partial charge on any atom is -0.497 e. The number of sulfonamides is 1. The third-order valence-corrected chi connectivity index (χ3v) is 9.70. The van der Waals surface area contributed by atoms with Crippen LogP contribution in [0.2, 0.25) is 0 Å². The van der Waals surface area contributed by atoms with E-state index in [0.29, 0.717) is 22.2 Å². The molecule has 0 atom stereocenters. The number of halogens is 3. The minimum atomic E-state index is -4.76. The van der Waals surface area contributed by atoms with Crippen molar-refractivity contribution in [2.75, 3.05) is 26.6 Å². The molecular weight excluding hydrogens is 677 g/mol. The van der Waals surface area contributed by atoms with Crippen LogP contribution in [-0.2, 0) is 16.2 Å². The van der Waals surface area contributed by atoms with E-state index in [0.717, 1.165) is 22.1 Å². The predicted molar refractivity (Wildman–Crippen MR) is 168 cm³/mol. The van der Waals surface area contributed by atoms with Gasteiger partial charge in [-0.05, 0) is 32.9 Å². The molecule has 5 rings (SSSR count). The van der Waals surface area contributed by atoms with E-state index in [1.54, 1.807) is 25.1 Å². The van der Waals surface area contributed by atoms with Crippen molar-refractivity contribution < 1.29 is 40.6 Å². The Morgan fingerprint density at radius 1 is 0.917 bits per heavy atom. The SMILES string of the molecule is COc1cc(Nc2ncc(-c3cnc(OC)c(C(=O)NS(=O)(=O)c4sc(C)nc4C)c3)c(-n3nc(C(F)(F)F)cc3C)n2)cc(OC)c1. The molecule has 14 nitrogen and oxygen atoms in total. The maximum absolute atomic E-state index is 13.7. The molecule has 252 valence electrons. The normalized spacial score (nSPS) is 11.7. The summed E-state index contributed by atoms with van der Waals surface area (Å²) in [6.07, 6.45) is -2.19. The number of nitrogens with zero attached hydrogens (tertiary/aromatic N) is 6. The molecule has 2 N–H and O–H groups in total. The highest BCUT2D eigenvalue weighted by molar-refractivity contribution is 7.92. The number of anilines is 2. The summed E-state index contributed by atoms with van der Waals surface area (Å²) in [5.41, 5.74) is -0.480. The number of amides is 1. The molecule has 0 bridgehead atoms. The Morgan fingerprint density at radius 3 is 2.17 bits per heavy atom. The monoisotopic (exact) mass is 704 g/mol. The van der Waals surface area contributed by atoms with E-state index < -0.39 is 27.8 Å². The number of carbonyl (C=O) groups is 1. The lowest BCUT2D eigenvalue weighted by atomic mass is 10.1. The first-order valence-electron chi connectivity index (χ1n) is 13.7. The molecule has 1 amide bonds. The predicted octanol–water partition coefficient (Wildman–Crippen LogP) is 5.01. The number of hydrogen-bond acceptors (Lipinski definition) is 13. The van der Waals surface area contributed by atoms with Gasteiger partial charge >= 0.3 is 6.18 Å². The molecule has 0 spiro atoms. The fraction of sp³-hybridized carbons (Fsp3) is 0.241. The number of methoxy groups -OCH3 is 3. The number of rotatable bonds is 10. The van der Waals surface area contributed by atoms with Gasteiger partial charge in [-0.15, -0.1) is 11.3 Å². The highest BCUT2D eigenvalue weighted by Crippen LogP contribution is 2.34. The molecule has 0 unspecified atom stereocenters. The molecule has 4 aromatic heterocycles. The summed E-state index contributed by atoms with van der Waals surface area (Å²) in [5.74, 6) is -0.543. The summed E-state index contributed by atoms with van der Waals surface area (Å²) in [6.45, 7) is 4.53. The quantitative estimate of drug-likeness (QED) is 0.199. The highest BCUT2D eigenvalue weighted by atomic mass is 32.2. The molecule has 0 fully saturated rings. The largest absolute Gasteiger partial charge is 0.497 e. The number of aromatic nitrogens is 6. The van der Waals surface area contributed by atoms with Crippen LogP contribution in [0.25, 0.3) is 16.9 Å². The summed E-state index contributed by atoms with van der Waals surface area (Å²) in [7, 11) is -0.163. The summed E-state index contributed by atoms with van der Waals surface area (Å²) >= 11 is 0.892. The number of nitrogens with one attached hydrogen (secondary N) is 2. The van der Waals surface area contributed by atoms with E-state index in [-0.39, 0.29) is 49.9 Å². The maximum atomic E-state index is 13.7. The molecule has 4 heterocycles. The van der Waals surface area contributed by atoms with Gasteiger partial charge in [0.1, 0.15) is 17.1 Å². The fourth-order valence-corrected chi connectivity index (χ4v) is 7.00. The maximum Gasteiger partial charge on any atom is 0.435 e. The van der Waals surface area contributed by atoms with Gasteiger partial charge in [0.05, 0.1) is 32.0 Å². The van der Waals surface area contributed by atoms with E-state index in [2.05, 4.69) is 30.4 Å². The third kappa shape index (κ3) is 7.00. The lowest BCUT2D eigenvalue weighted by Gasteiger charge is -2.15. The van der Waals surface area contributed by atoms with Crippen molar-refractivity contribution >= 4 is 38.9 Å². The molecule has 1 aromatic carbocycles. The number of thiazole rings is 1. The number of pyridine rings is 1. The van der Waals surface area contributed by atoms with Crippen LogP contribution in [0, 0.1) is 20.8 Å². The molecule has 0 aliphatic rings. The Morgan fingerprint density at radius 2 is 1.60 bits per heavy atom. The number of benzene rings is 1. The molecular formula is C29H27F3N8O6S2. The Kier molecular flexibility index (Phi) is 9.27. The smallest absolute Gasteiger partial charge is 0.435 e. The van der Waals surface area contributed by atoms with E-state index >= 15 is 0 Å². The summed E-state index contributed by atoms with van der Waals surface area (Å²) < 4.78 is 85.8. The molecule has 5 aromatic rings. The van der Waals surface area contributed by atoms with Gasteiger partial charge in [0.15, 0.2) is 15.7 Å². The fourth-order valence-electron chi connectivity index (χ4n) is 4.54. The zero-order valence-electron chi connectivity index (χ0n) is 26.1. The molecule has 0 radical (unpaired) electrons. The average molecular weight is 705 g/mol. The first-order valence-corrected chi connectivity index (χ1v) is 16.0. The van der Waals surface area contributed by atoms with Crippen molar-refractivity contribution in [3.05, 3.63) is 70.4 Å². The van der Waals surface area contributed by atoms with Crippen molar-refractivity contribution in [2.45, 2.75) is 31.2 Å². The molecule has 0 saturated heterocycles. The van der Waals surface area contributed by atoms with E-state index in [4.69, 9.17) is 14.2 Å². The Balaban J connectivity index is 1.62. The number of ether oxygens (including phenoxy) is 3. The summed E-state index contributed by atoms with van der Waals surface area (Å²) in [4.78, 5) is 30.4. The minimum absolute atomic E-state index is 0.0340. The van der Waals surface area contributed by atoms with Crippen LogP contribution in [0.3, 0.4) is 0 Å². The topological polar surface area (TPSA) is 172 Å². The second kappa shape index (κ2) is 13.1. The zero-order valence-corrected chi connectivity index (χ0v) is 27.8. The van der Waals surface area contributed by atoms with Gasteiger partial charge in [-0.25, -0.2) is 32.8 Å². The first-order chi connectivity index (χ1) is 22.6. The summed E-state index contributed by atoms with van der Waals surface area (Å²) in [6, 6.07) is 7.00. The standard InChI is InChI=1S/C29H27F3N8O6S2/c1-14-7-23(29(30,31)32)38-40(14)24-22(13-34-28(37-24)36-18-9-19(44-4)11-20(10-18)45-5)17-8-21(26(46-6)33-12-17)25(41)39-48(42,43)27-15(2)35-16(3)47-27/h7-13H,1-6H3,(H,39,41)(H,34,36,37). The van der Waals surface area contributed by atoms with Crippen molar-refractivity contribution in [1.29, 1.82) is 0 Å². The van der Waals surface area contributed by atoms with Crippen LogP contribution in [0.5, 0.6) is 17.4 Å². The van der Waals surface area contributed by atoms with E-state index in [9.17, 15) is 26.4 Å². The van der Waals surface area contributed by atoms with Crippen LogP contribution in [0.4, 0.5) is 24.8 Å². The van der Waals surface area contributed by atoms with Crippen molar-refractivity contribution in [3.8, 4) is 34.3 Å². The van der Waals surface area contributed by atoms with Crippen LogP contribution >= 0.6 is 11.3 Å². The zero-order chi connectivity index (χ0) is 35.0. The van der Waals surface area contributed by atoms with Gasteiger partial charge in [0.2, 0.25) is 11.8 Å². The highest BCUT2D eigenvalue weighted by Gasteiger charge is 2.35. The van der Waals surface area contributed by atoms with Crippen molar-refractivity contribution in [1.82, 2.24) is 34.4 Å². The Bertz CT molecular complexity index is 2110. The first kappa shape index (κ1) is 34.0. The van der Waals surface area contributed by atoms with E-state index in [1.807, 2.05) is 4.72 Å². The van der Waals surface area contributed by atoms with Crippen LogP contribution in [0.1, 0.15) is 32.4 Å². The van der Waals surface area contributed by atoms with Crippen molar-refractivity contribution in [2.24, 2.45) is 0 Å². The number of aryl methyl sites for hydroxylation is 3. The molecule has 19 heteroatoms. The molecule has 48 heavy (non-hydrogen) atoms. The Labute approximate surface area is 276 Å². The molecule has 0 aliphatic heterocycles. The second-order valence-electron chi connectivity index (χ2n) is 10.1. The van der Waals surface area contributed by atoms with Crippen molar-refractivity contribution in [3.63, 3.8) is 0 Å². The Hall–Kier alpha value is -5.30. The lowest BCUT2D eigenvalue weighted by Crippen LogP contribution is -2.31. The lowest BCUT2D eigenvalue weighted by molar-refractivity contribution is -0.141. The van der Waals surface area contributed by atoms with Gasteiger partial charge in [-0.3, -0.25) is 4.79 Å². The number of alkyl halides is 3. The molecule has 0 aliphatic carbocycles. The van der Waals surface area contributed by atoms with Gasteiger partial charge in [0, 0.05) is 53.1 Å². The second-order valence-corrected chi connectivity index (χ2v) is 13.1.